The molecular weight excluding hydrogens is 142 g/mol. The Morgan fingerprint density at radius 2 is 2.64 bits per heavy atom. The first-order chi connectivity index (χ1) is 5.45. The predicted molar refractivity (Wildman–Crippen MR) is 36.9 cm³/mol. The summed E-state index contributed by atoms with van der Waals surface area (Å²) in [4.78, 5) is 7.73. The van der Waals surface area contributed by atoms with E-state index in [-0.39, 0.29) is 0 Å². The van der Waals surface area contributed by atoms with Gasteiger partial charge in [0.15, 0.2) is 18.6 Å². The lowest BCUT2D eigenvalue weighted by atomic mass is 10.6. The van der Waals surface area contributed by atoms with Crippen molar-refractivity contribution in [3.05, 3.63) is 24.6 Å². The first-order valence-corrected chi connectivity index (χ1v) is 3.18. The maximum atomic E-state index is 3.96. The van der Waals surface area contributed by atoms with Crippen molar-refractivity contribution in [3.8, 4) is 0 Å². The summed E-state index contributed by atoms with van der Waals surface area (Å²) in [6.45, 7) is 0.639. The van der Waals surface area contributed by atoms with Crippen LogP contribution in [0.1, 0.15) is 5.82 Å². The first kappa shape index (κ1) is 6.00. The van der Waals surface area contributed by atoms with Gasteiger partial charge in [0.2, 0.25) is 0 Å². The highest BCUT2D eigenvalue weighted by atomic mass is 15.2. The number of aromatic nitrogens is 3. The summed E-state index contributed by atoms with van der Waals surface area (Å²) in [5.41, 5.74) is 0. The number of nitrogens with one attached hydrogen (secondary N) is 1. The summed E-state index contributed by atoms with van der Waals surface area (Å²) < 4.78 is 1.79. The van der Waals surface area contributed by atoms with E-state index in [9.17, 15) is 0 Å². The maximum absolute atomic E-state index is 3.96. The van der Waals surface area contributed by atoms with Gasteiger partial charge in [-0.15, -0.1) is 0 Å². The van der Waals surface area contributed by atoms with E-state index >= 15 is 0 Å². The molecule has 1 aliphatic rings. The Bertz CT molecular complexity index is 328. The summed E-state index contributed by atoms with van der Waals surface area (Å²) in [5.74, 6) is 0.805. The number of rotatable bonds is 2. The van der Waals surface area contributed by atoms with Gasteiger partial charge in [-0.3, -0.25) is 5.10 Å². The minimum absolute atomic E-state index is 0.639. The molecule has 11 heavy (non-hydrogen) atoms. The zero-order valence-electron chi connectivity index (χ0n) is 5.73. The highest BCUT2D eigenvalue weighted by molar-refractivity contribution is 5.38. The summed E-state index contributed by atoms with van der Waals surface area (Å²) >= 11 is 0. The normalized spacial score (nSPS) is 14.0. The van der Waals surface area contributed by atoms with Crippen LogP contribution in [0, 0.1) is 0 Å². The fourth-order valence-electron chi connectivity index (χ4n) is 0.811. The fourth-order valence-corrected chi connectivity index (χ4v) is 0.811. The van der Waals surface area contributed by atoms with Gasteiger partial charge in [-0.25, -0.2) is 4.98 Å². The molecular formula is C6H6N5+. The van der Waals surface area contributed by atoms with E-state index in [0.29, 0.717) is 6.54 Å². The third-order valence-corrected chi connectivity index (χ3v) is 1.29. The number of nitrogens with zero attached hydrogens (tertiary/aromatic N) is 4. The van der Waals surface area contributed by atoms with Crippen molar-refractivity contribution >= 4 is 6.01 Å². The summed E-state index contributed by atoms with van der Waals surface area (Å²) in [6, 6.07) is 2.75. The molecule has 0 bridgehead atoms. The molecule has 0 radical (unpaired) electrons. The average Bonchev–Trinajstić information content (AvgIpc) is 2.60. The van der Waals surface area contributed by atoms with Crippen LogP contribution in [-0.4, -0.2) is 25.8 Å². The molecule has 1 N–H and O–H groups in total. The molecule has 0 atom stereocenters. The summed E-state index contributed by atoms with van der Waals surface area (Å²) in [7, 11) is 0. The second-order valence-electron chi connectivity index (χ2n) is 2.09. The van der Waals surface area contributed by atoms with Gasteiger partial charge in [-0.1, -0.05) is 0 Å². The van der Waals surface area contributed by atoms with Crippen LogP contribution in [0.3, 0.4) is 0 Å². The van der Waals surface area contributed by atoms with Crippen molar-refractivity contribution in [3.63, 3.8) is 0 Å². The maximum Gasteiger partial charge on any atom is 0.318 e. The Hall–Kier alpha value is -1.74. The van der Waals surface area contributed by atoms with E-state index in [2.05, 4.69) is 26.2 Å². The second-order valence-corrected chi connectivity index (χ2v) is 2.09. The molecule has 2 rings (SSSR count). The van der Waals surface area contributed by atoms with Crippen LogP contribution in [0.5, 0.6) is 0 Å². The molecule has 1 aliphatic heterocycles. The third-order valence-electron chi connectivity index (χ3n) is 1.29. The molecule has 0 spiro atoms. The highest BCUT2D eigenvalue weighted by Gasteiger charge is 2.04. The van der Waals surface area contributed by atoms with Crippen molar-refractivity contribution in [1.82, 2.24) is 15.2 Å². The number of hydrogen-bond acceptors (Lipinski definition) is 3. The van der Waals surface area contributed by atoms with E-state index in [0.717, 1.165) is 5.82 Å². The Kier molecular flexibility index (Phi) is 1.35. The van der Waals surface area contributed by atoms with Gasteiger partial charge in [0, 0.05) is 4.99 Å². The Morgan fingerprint density at radius 1 is 1.64 bits per heavy atom. The van der Waals surface area contributed by atoms with Gasteiger partial charge < -0.3 is 0 Å². The van der Waals surface area contributed by atoms with Crippen LogP contribution in [-0.2, 0) is 6.54 Å². The standard InChI is InChI=1S/C6H6N5/c1-2-11(5-7-1)3-6-8-4-9-10-6/h1-2,4H,3H2,(H,8,9,10)/q+1. The smallest absolute Gasteiger partial charge is 0.260 e. The fraction of sp³-hybridized carbons (Fsp3) is 0.167. The Labute approximate surface area is 62.8 Å². The number of aromatic amines is 1. The van der Waals surface area contributed by atoms with Gasteiger partial charge in [0.05, 0.1) is 0 Å². The number of hydrogen-bond donors (Lipinski definition) is 1. The molecule has 1 aromatic rings. The molecule has 0 unspecified atom stereocenters. The van der Waals surface area contributed by atoms with Gasteiger partial charge in [0.1, 0.15) is 12.5 Å². The predicted octanol–water partition coefficient (Wildman–Crippen LogP) is -0.0241. The van der Waals surface area contributed by atoms with Crippen LogP contribution in [0.4, 0.5) is 0 Å². The molecule has 0 aromatic carbocycles. The molecule has 0 saturated carbocycles. The second kappa shape index (κ2) is 2.48. The van der Waals surface area contributed by atoms with Crippen LogP contribution in [0.15, 0.2) is 23.7 Å². The lowest BCUT2D eigenvalue weighted by Crippen LogP contribution is -2.02. The van der Waals surface area contributed by atoms with Crippen LogP contribution < -0.4 is 0 Å². The van der Waals surface area contributed by atoms with Crippen molar-refractivity contribution in [2.24, 2.45) is 4.99 Å². The monoisotopic (exact) mass is 148 g/mol. The molecule has 2 heterocycles. The zero-order chi connectivity index (χ0) is 7.52. The van der Waals surface area contributed by atoms with Crippen molar-refractivity contribution in [2.75, 3.05) is 0 Å². The van der Waals surface area contributed by atoms with Gasteiger partial charge in [-0.2, -0.15) is 9.67 Å². The SMILES string of the molecule is C1=NC=C[N+]=1Cc1ncn[nH]1. The summed E-state index contributed by atoms with van der Waals surface area (Å²) in [5, 5.41) is 6.46. The van der Waals surface area contributed by atoms with E-state index < -0.39 is 0 Å². The van der Waals surface area contributed by atoms with Crippen LogP contribution in [0.2, 0.25) is 0 Å². The first-order valence-electron chi connectivity index (χ1n) is 3.18. The van der Waals surface area contributed by atoms with Gasteiger partial charge >= 0.3 is 6.01 Å². The van der Waals surface area contributed by atoms with Crippen molar-refractivity contribution in [2.45, 2.75) is 6.54 Å². The van der Waals surface area contributed by atoms with E-state index in [1.165, 1.54) is 6.33 Å². The number of H-pyrrole nitrogens is 1. The third kappa shape index (κ3) is 1.22. The minimum atomic E-state index is 0.639. The molecule has 5 nitrogen and oxygen atoms in total. The van der Waals surface area contributed by atoms with E-state index in [1.807, 2.05) is 6.20 Å². The van der Waals surface area contributed by atoms with Crippen LogP contribution in [0.25, 0.3) is 0 Å². The molecule has 0 aliphatic carbocycles. The van der Waals surface area contributed by atoms with Crippen LogP contribution >= 0.6 is 0 Å². The molecule has 0 amide bonds. The zero-order valence-corrected chi connectivity index (χ0v) is 5.73. The van der Waals surface area contributed by atoms with Gasteiger partial charge in [-0.05, 0) is 0 Å². The molecule has 54 valence electrons. The largest absolute Gasteiger partial charge is 0.318 e. The van der Waals surface area contributed by atoms with E-state index in [1.54, 1.807) is 10.8 Å². The summed E-state index contributed by atoms with van der Waals surface area (Å²) in [6.07, 6.45) is 4.98. The lowest BCUT2D eigenvalue weighted by molar-refractivity contribution is -0.466. The van der Waals surface area contributed by atoms with Crippen molar-refractivity contribution in [1.29, 1.82) is 0 Å². The minimum Gasteiger partial charge on any atom is -0.260 e. The Balaban J connectivity index is 2.13. The Morgan fingerprint density at radius 3 is 3.27 bits per heavy atom. The lowest BCUT2D eigenvalue weighted by Gasteiger charge is -1.87. The van der Waals surface area contributed by atoms with Crippen molar-refractivity contribution < 1.29 is 4.58 Å². The quantitative estimate of drug-likeness (QED) is 0.599. The molecule has 1 aromatic heterocycles. The molecule has 0 saturated heterocycles. The average molecular weight is 148 g/mol. The highest BCUT2D eigenvalue weighted by Crippen LogP contribution is 1.92. The molecule has 5 heteroatoms. The molecule has 0 fully saturated rings. The topological polar surface area (TPSA) is 56.9 Å². The number of aliphatic imine (C=N–C) groups is 1. The van der Waals surface area contributed by atoms with Gasteiger partial charge in [0.25, 0.3) is 0 Å². The van der Waals surface area contributed by atoms with E-state index in [4.69, 9.17) is 0 Å².